The average molecular weight is 424 g/mol. The molecule has 1 N–H and O–H groups in total. The molecule has 0 saturated heterocycles. The molecule has 6 nitrogen and oxygen atoms in total. The van der Waals surface area contributed by atoms with Gasteiger partial charge in [0.15, 0.2) is 11.5 Å². The zero-order valence-electron chi connectivity index (χ0n) is 16.8. The van der Waals surface area contributed by atoms with Crippen molar-refractivity contribution in [2.24, 2.45) is 5.10 Å². The maximum absolute atomic E-state index is 12.0. The number of amides is 1. The molecule has 154 valence electrons. The maximum atomic E-state index is 12.0. The molecular weight excluding hydrogens is 402 g/mol. The second-order valence-electron chi connectivity index (χ2n) is 6.41. The number of hydrazone groups is 1. The average Bonchev–Trinajstić information content (AvgIpc) is 2.75. The van der Waals surface area contributed by atoms with Crippen molar-refractivity contribution in [3.8, 4) is 11.5 Å². The van der Waals surface area contributed by atoms with Crippen LogP contribution in [0.25, 0.3) is 0 Å². The van der Waals surface area contributed by atoms with Gasteiger partial charge < -0.3 is 9.47 Å². The van der Waals surface area contributed by atoms with Crippen LogP contribution in [0.2, 0.25) is 5.02 Å². The molecule has 2 aromatic carbocycles. The second-order valence-corrected chi connectivity index (χ2v) is 6.82. The lowest BCUT2D eigenvalue weighted by Gasteiger charge is -2.15. The van der Waals surface area contributed by atoms with Crippen molar-refractivity contribution >= 4 is 23.7 Å². The lowest BCUT2D eigenvalue weighted by atomic mass is 10.1. The van der Waals surface area contributed by atoms with Crippen LogP contribution in [0, 0.1) is 6.92 Å². The number of hydrogen-bond acceptors (Lipinski definition) is 5. The number of halogens is 1. The van der Waals surface area contributed by atoms with Gasteiger partial charge in [-0.05, 0) is 54.8 Å². The first-order valence-electron chi connectivity index (χ1n) is 9.45. The number of hydrogen-bond donors (Lipinski definition) is 1. The topological polar surface area (TPSA) is 72.8 Å². The van der Waals surface area contributed by atoms with Crippen molar-refractivity contribution in [3.63, 3.8) is 0 Å². The van der Waals surface area contributed by atoms with Crippen LogP contribution in [-0.2, 0) is 6.61 Å². The molecule has 0 aliphatic heterocycles. The SMILES string of the molecule is CCOc1cc(/C=N/NC(=O)c2ccncc2)cc(Cl)c1OCc1ccccc1C. The van der Waals surface area contributed by atoms with Gasteiger partial charge in [0.25, 0.3) is 5.91 Å². The number of aromatic nitrogens is 1. The molecule has 0 radical (unpaired) electrons. The third-order valence-electron chi connectivity index (χ3n) is 4.29. The minimum atomic E-state index is -0.331. The molecule has 3 rings (SSSR count). The molecular formula is C23H22ClN3O3. The molecule has 0 atom stereocenters. The Labute approximate surface area is 180 Å². The smallest absolute Gasteiger partial charge is 0.271 e. The number of carbonyl (C=O) groups is 1. The third kappa shape index (κ3) is 5.58. The van der Waals surface area contributed by atoms with Crippen molar-refractivity contribution in [2.75, 3.05) is 6.61 Å². The molecule has 1 heterocycles. The van der Waals surface area contributed by atoms with Gasteiger partial charge in [0, 0.05) is 18.0 Å². The van der Waals surface area contributed by atoms with Crippen LogP contribution in [0.1, 0.15) is 34.0 Å². The van der Waals surface area contributed by atoms with Gasteiger partial charge >= 0.3 is 0 Å². The summed E-state index contributed by atoms with van der Waals surface area (Å²) in [6.07, 6.45) is 4.59. The summed E-state index contributed by atoms with van der Waals surface area (Å²) < 4.78 is 11.7. The number of ether oxygens (including phenoxy) is 2. The van der Waals surface area contributed by atoms with E-state index in [1.807, 2.05) is 38.1 Å². The summed E-state index contributed by atoms with van der Waals surface area (Å²) in [5.41, 5.74) is 5.82. The highest BCUT2D eigenvalue weighted by Crippen LogP contribution is 2.37. The Balaban J connectivity index is 1.73. The predicted molar refractivity (Wildman–Crippen MR) is 117 cm³/mol. The van der Waals surface area contributed by atoms with Gasteiger partial charge in [-0.15, -0.1) is 0 Å². The summed E-state index contributed by atoms with van der Waals surface area (Å²) in [4.78, 5) is 15.9. The number of benzene rings is 2. The van der Waals surface area contributed by atoms with Crippen LogP contribution >= 0.6 is 11.6 Å². The highest BCUT2D eigenvalue weighted by molar-refractivity contribution is 6.32. The highest BCUT2D eigenvalue weighted by atomic mass is 35.5. The van der Waals surface area contributed by atoms with Gasteiger partial charge in [0.05, 0.1) is 17.8 Å². The van der Waals surface area contributed by atoms with Gasteiger partial charge in [-0.3, -0.25) is 9.78 Å². The molecule has 0 unspecified atom stereocenters. The third-order valence-corrected chi connectivity index (χ3v) is 4.57. The van der Waals surface area contributed by atoms with Crippen LogP contribution in [0.15, 0.2) is 66.0 Å². The molecule has 0 saturated carbocycles. The standard InChI is InChI=1S/C23H22ClN3O3/c1-3-29-21-13-17(14-26-27-23(28)18-8-10-25-11-9-18)12-20(24)22(21)30-15-19-7-5-4-6-16(19)2/h4-14H,3,15H2,1-2H3,(H,27,28)/b26-14+. The fourth-order valence-electron chi connectivity index (χ4n) is 2.72. The molecule has 1 aromatic heterocycles. The van der Waals surface area contributed by atoms with E-state index in [1.165, 1.54) is 6.21 Å². The summed E-state index contributed by atoms with van der Waals surface area (Å²) >= 11 is 6.45. The van der Waals surface area contributed by atoms with Gasteiger partial charge in [-0.25, -0.2) is 5.43 Å². The van der Waals surface area contributed by atoms with Gasteiger partial charge in [0.2, 0.25) is 0 Å². The molecule has 3 aromatic rings. The summed E-state index contributed by atoms with van der Waals surface area (Å²) in [5.74, 6) is 0.656. The van der Waals surface area contributed by atoms with E-state index < -0.39 is 0 Å². The summed E-state index contributed by atoms with van der Waals surface area (Å²) in [5, 5.41) is 4.39. The summed E-state index contributed by atoms with van der Waals surface area (Å²) in [7, 11) is 0. The lowest BCUT2D eigenvalue weighted by molar-refractivity contribution is 0.0955. The van der Waals surface area contributed by atoms with Gasteiger partial charge in [0.1, 0.15) is 6.61 Å². The normalized spacial score (nSPS) is 10.8. The van der Waals surface area contributed by atoms with E-state index >= 15 is 0 Å². The van der Waals surface area contributed by atoms with E-state index in [1.54, 1.807) is 36.7 Å². The predicted octanol–water partition coefficient (Wildman–Crippen LogP) is 4.79. The van der Waals surface area contributed by atoms with Crippen LogP contribution in [-0.4, -0.2) is 23.7 Å². The minimum absolute atomic E-state index is 0.331. The summed E-state index contributed by atoms with van der Waals surface area (Å²) in [6.45, 7) is 4.75. The molecule has 0 bridgehead atoms. The van der Waals surface area contributed by atoms with Crippen molar-refractivity contribution < 1.29 is 14.3 Å². The maximum Gasteiger partial charge on any atom is 0.271 e. The Morgan fingerprint density at radius 1 is 1.17 bits per heavy atom. The minimum Gasteiger partial charge on any atom is -0.490 e. The Bertz CT molecular complexity index is 1040. The first kappa shape index (κ1) is 21.3. The largest absolute Gasteiger partial charge is 0.490 e. The zero-order valence-corrected chi connectivity index (χ0v) is 17.5. The number of nitrogens with zero attached hydrogens (tertiary/aromatic N) is 2. The Kier molecular flexibility index (Phi) is 7.40. The quantitative estimate of drug-likeness (QED) is 0.418. The molecule has 0 fully saturated rings. The fourth-order valence-corrected chi connectivity index (χ4v) is 2.99. The number of aryl methyl sites for hydroxylation is 1. The molecule has 0 aliphatic carbocycles. The van der Waals surface area contributed by atoms with E-state index in [9.17, 15) is 4.79 Å². The highest BCUT2D eigenvalue weighted by Gasteiger charge is 2.13. The Hall–Kier alpha value is -3.38. The lowest BCUT2D eigenvalue weighted by Crippen LogP contribution is -2.17. The van der Waals surface area contributed by atoms with E-state index in [2.05, 4.69) is 15.5 Å². The van der Waals surface area contributed by atoms with E-state index in [0.717, 1.165) is 11.1 Å². The molecule has 7 heteroatoms. The Morgan fingerprint density at radius 3 is 2.67 bits per heavy atom. The van der Waals surface area contributed by atoms with E-state index in [-0.39, 0.29) is 5.91 Å². The van der Waals surface area contributed by atoms with Crippen LogP contribution in [0.4, 0.5) is 0 Å². The van der Waals surface area contributed by atoms with Crippen molar-refractivity contribution in [2.45, 2.75) is 20.5 Å². The van der Waals surface area contributed by atoms with Gasteiger partial charge in [-0.2, -0.15) is 5.10 Å². The zero-order chi connectivity index (χ0) is 21.3. The van der Waals surface area contributed by atoms with Crippen molar-refractivity contribution in [1.29, 1.82) is 0 Å². The number of carbonyl (C=O) groups excluding carboxylic acids is 1. The summed E-state index contributed by atoms with van der Waals surface area (Å²) in [6, 6.07) is 14.7. The van der Waals surface area contributed by atoms with Crippen LogP contribution < -0.4 is 14.9 Å². The molecule has 0 aliphatic rings. The van der Waals surface area contributed by atoms with Gasteiger partial charge in [-0.1, -0.05) is 35.9 Å². The van der Waals surface area contributed by atoms with E-state index in [0.29, 0.717) is 40.9 Å². The number of pyridine rings is 1. The van der Waals surface area contributed by atoms with Crippen LogP contribution in [0.5, 0.6) is 11.5 Å². The first-order valence-corrected chi connectivity index (χ1v) is 9.83. The Morgan fingerprint density at radius 2 is 1.93 bits per heavy atom. The first-order chi connectivity index (χ1) is 14.6. The van der Waals surface area contributed by atoms with E-state index in [4.69, 9.17) is 21.1 Å². The van der Waals surface area contributed by atoms with Crippen molar-refractivity contribution in [1.82, 2.24) is 10.4 Å². The van der Waals surface area contributed by atoms with Crippen molar-refractivity contribution in [3.05, 3.63) is 88.2 Å². The number of rotatable bonds is 8. The molecule has 0 spiro atoms. The molecule has 1 amide bonds. The van der Waals surface area contributed by atoms with Crippen LogP contribution in [0.3, 0.4) is 0 Å². The monoisotopic (exact) mass is 423 g/mol. The molecule has 30 heavy (non-hydrogen) atoms. The fraction of sp³-hybridized carbons (Fsp3) is 0.174. The number of nitrogens with one attached hydrogen (secondary N) is 1. The second kappa shape index (κ2) is 10.4.